The lowest BCUT2D eigenvalue weighted by Gasteiger charge is -2.16. The lowest BCUT2D eigenvalue weighted by molar-refractivity contribution is 0.0940. The van der Waals surface area contributed by atoms with Crippen molar-refractivity contribution < 1.29 is 17.9 Å². The molecular formula is C18H21ClN2O4S. The molecule has 8 heteroatoms. The third-order valence-electron chi connectivity index (χ3n) is 3.56. The Morgan fingerprint density at radius 1 is 1.19 bits per heavy atom. The lowest BCUT2D eigenvalue weighted by atomic mass is 10.1. The summed E-state index contributed by atoms with van der Waals surface area (Å²) in [7, 11) is -3.41. The zero-order valence-electron chi connectivity index (χ0n) is 14.7. The van der Waals surface area contributed by atoms with Crippen molar-refractivity contribution in [2.24, 2.45) is 0 Å². The van der Waals surface area contributed by atoms with Gasteiger partial charge in [-0.1, -0.05) is 23.7 Å². The second-order valence-corrected chi connectivity index (χ2v) is 7.92. The van der Waals surface area contributed by atoms with Gasteiger partial charge in [-0.15, -0.1) is 0 Å². The van der Waals surface area contributed by atoms with Gasteiger partial charge in [-0.2, -0.15) is 0 Å². The van der Waals surface area contributed by atoms with Crippen LogP contribution in [0.25, 0.3) is 0 Å². The fourth-order valence-corrected chi connectivity index (χ4v) is 3.18. The van der Waals surface area contributed by atoms with Crippen LogP contribution in [0, 0.1) is 0 Å². The van der Waals surface area contributed by atoms with E-state index in [1.165, 1.54) is 18.2 Å². The Morgan fingerprint density at radius 2 is 1.85 bits per heavy atom. The minimum Gasteiger partial charge on any atom is -0.494 e. The molecule has 2 aromatic carbocycles. The van der Waals surface area contributed by atoms with E-state index in [0.717, 1.165) is 17.6 Å². The normalized spacial score (nSPS) is 12.3. The Bertz CT molecular complexity index is 883. The molecule has 0 bridgehead atoms. The molecule has 1 atom stereocenters. The fourth-order valence-electron chi connectivity index (χ4n) is 2.35. The van der Waals surface area contributed by atoms with Gasteiger partial charge in [0.15, 0.2) is 0 Å². The Labute approximate surface area is 158 Å². The lowest BCUT2D eigenvalue weighted by Crippen LogP contribution is -2.27. The van der Waals surface area contributed by atoms with Gasteiger partial charge < -0.3 is 10.1 Å². The predicted molar refractivity (Wildman–Crippen MR) is 103 cm³/mol. The van der Waals surface area contributed by atoms with Crippen LogP contribution in [0.3, 0.4) is 0 Å². The van der Waals surface area contributed by atoms with Crippen LogP contribution in [0.4, 0.5) is 5.69 Å². The summed E-state index contributed by atoms with van der Waals surface area (Å²) in [5, 5.41) is 3.03. The van der Waals surface area contributed by atoms with Crippen molar-refractivity contribution in [2.45, 2.75) is 19.9 Å². The van der Waals surface area contributed by atoms with Gasteiger partial charge in [0.2, 0.25) is 10.0 Å². The monoisotopic (exact) mass is 396 g/mol. The number of hydrogen-bond donors (Lipinski definition) is 2. The molecule has 2 N–H and O–H groups in total. The number of ether oxygens (including phenoxy) is 1. The Hall–Kier alpha value is -2.25. The van der Waals surface area contributed by atoms with Gasteiger partial charge in [0.1, 0.15) is 5.75 Å². The van der Waals surface area contributed by atoms with Crippen LogP contribution in [0.5, 0.6) is 5.75 Å². The summed E-state index contributed by atoms with van der Waals surface area (Å²) in [5.74, 6) is 0.425. The zero-order valence-corrected chi connectivity index (χ0v) is 16.3. The van der Waals surface area contributed by atoms with E-state index < -0.39 is 10.0 Å². The zero-order chi connectivity index (χ0) is 19.3. The minimum atomic E-state index is -3.41. The number of nitrogens with one attached hydrogen (secondary N) is 2. The highest BCUT2D eigenvalue weighted by Crippen LogP contribution is 2.23. The molecule has 0 aliphatic heterocycles. The fraction of sp³-hybridized carbons (Fsp3) is 0.278. The Morgan fingerprint density at radius 3 is 2.38 bits per heavy atom. The van der Waals surface area contributed by atoms with Gasteiger partial charge in [-0.05, 0) is 49.7 Å². The molecule has 2 rings (SSSR count). The quantitative estimate of drug-likeness (QED) is 0.748. The molecule has 0 aromatic heterocycles. The largest absolute Gasteiger partial charge is 0.494 e. The van der Waals surface area contributed by atoms with Crippen molar-refractivity contribution in [1.82, 2.24) is 5.32 Å². The molecule has 0 fully saturated rings. The summed E-state index contributed by atoms with van der Waals surface area (Å²) in [6, 6.07) is 11.6. The van der Waals surface area contributed by atoms with Crippen LogP contribution < -0.4 is 14.8 Å². The smallest absolute Gasteiger partial charge is 0.253 e. The molecule has 6 nitrogen and oxygen atoms in total. The van der Waals surface area contributed by atoms with Crippen LogP contribution >= 0.6 is 11.6 Å². The maximum Gasteiger partial charge on any atom is 0.253 e. The summed E-state index contributed by atoms with van der Waals surface area (Å²) in [6.07, 6.45) is 1.04. The van der Waals surface area contributed by atoms with Crippen molar-refractivity contribution in [1.29, 1.82) is 0 Å². The molecule has 26 heavy (non-hydrogen) atoms. The van der Waals surface area contributed by atoms with Gasteiger partial charge in [0, 0.05) is 5.69 Å². The number of hydrogen-bond acceptors (Lipinski definition) is 4. The Kier molecular flexibility index (Phi) is 6.50. The predicted octanol–water partition coefficient (Wildman–Crippen LogP) is 3.60. The second kappa shape index (κ2) is 8.42. The van der Waals surface area contributed by atoms with Gasteiger partial charge in [-0.3, -0.25) is 9.52 Å². The molecule has 0 saturated carbocycles. The first-order valence-electron chi connectivity index (χ1n) is 8.00. The number of sulfonamides is 1. The van der Waals surface area contributed by atoms with Crippen molar-refractivity contribution in [2.75, 3.05) is 17.6 Å². The average Bonchev–Trinajstić information content (AvgIpc) is 2.54. The first-order valence-corrected chi connectivity index (χ1v) is 10.3. The van der Waals surface area contributed by atoms with Gasteiger partial charge in [-0.25, -0.2) is 8.42 Å². The molecule has 2 aromatic rings. The topological polar surface area (TPSA) is 84.5 Å². The van der Waals surface area contributed by atoms with Gasteiger partial charge in [0.05, 0.1) is 29.5 Å². The second-order valence-electron chi connectivity index (χ2n) is 5.77. The van der Waals surface area contributed by atoms with E-state index in [-0.39, 0.29) is 22.5 Å². The SMILES string of the molecule is CCOc1ccc([C@@H](C)NC(=O)c2ccc(NS(C)(=O)=O)cc2Cl)cc1. The highest BCUT2D eigenvalue weighted by molar-refractivity contribution is 7.92. The van der Waals surface area contributed by atoms with Crippen molar-refractivity contribution in [3.63, 3.8) is 0 Å². The molecule has 0 aliphatic carbocycles. The molecular weight excluding hydrogens is 376 g/mol. The van der Waals surface area contributed by atoms with Crippen molar-refractivity contribution in [3.8, 4) is 5.75 Å². The van der Waals surface area contributed by atoms with E-state index in [1.54, 1.807) is 0 Å². The van der Waals surface area contributed by atoms with Crippen LogP contribution in [0.1, 0.15) is 35.8 Å². The molecule has 0 unspecified atom stereocenters. The number of benzene rings is 2. The molecule has 0 aliphatic rings. The van der Waals surface area contributed by atoms with Crippen LogP contribution in [-0.2, 0) is 10.0 Å². The van der Waals surface area contributed by atoms with E-state index in [4.69, 9.17) is 16.3 Å². The molecule has 0 radical (unpaired) electrons. The Balaban J connectivity index is 2.08. The number of halogens is 1. The molecule has 1 amide bonds. The van der Waals surface area contributed by atoms with Crippen molar-refractivity contribution in [3.05, 3.63) is 58.6 Å². The minimum absolute atomic E-state index is 0.162. The number of amides is 1. The maximum atomic E-state index is 12.5. The summed E-state index contributed by atoms with van der Waals surface area (Å²) in [6.45, 7) is 4.37. The van der Waals surface area contributed by atoms with E-state index in [1.807, 2.05) is 38.1 Å². The van der Waals surface area contributed by atoms with Crippen LogP contribution in [0.15, 0.2) is 42.5 Å². The first kappa shape index (κ1) is 20.1. The average molecular weight is 397 g/mol. The number of carbonyl (C=O) groups excluding carboxylic acids is 1. The number of rotatable bonds is 7. The third kappa shape index (κ3) is 5.64. The molecule has 140 valence electrons. The number of carbonyl (C=O) groups is 1. The molecule has 0 heterocycles. The highest BCUT2D eigenvalue weighted by Gasteiger charge is 2.15. The third-order valence-corrected chi connectivity index (χ3v) is 4.47. The van der Waals surface area contributed by atoms with Crippen LogP contribution in [0.2, 0.25) is 5.02 Å². The van der Waals surface area contributed by atoms with E-state index in [9.17, 15) is 13.2 Å². The van der Waals surface area contributed by atoms with Gasteiger partial charge in [0.25, 0.3) is 5.91 Å². The van der Waals surface area contributed by atoms with Gasteiger partial charge >= 0.3 is 0 Å². The summed E-state index contributed by atoms with van der Waals surface area (Å²) in [4.78, 5) is 12.5. The van der Waals surface area contributed by atoms with E-state index in [0.29, 0.717) is 12.3 Å². The van der Waals surface area contributed by atoms with Crippen LogP contribution in [-0.4, -0.2) is 27.2 Å². The number of anilines is 1. The van der Waals surface area contributed by atoms with E-state index in [2.05, 4.69) is 10.0 Å². The summed E-state index contributed by atoms with van der Waals surface area (Å²) >= 11 is 6.13. The van der Waals surface area contributed by atoms with E-state index >= 15 is 0 Å². The highest BCUT2D eigenvalue weighted by atomic mass is 35.5. The molecule has 0 saturated heterocycles. The summed E-state index contributed by atoms with van der Waals surface area (Å²) in [5.41, 5.74) is 1.49. The standard InChI is InChI=1S/C18H21ClN2O4S/c1-4-25-15-8-5-13(6-9-15)12(2)20-18(22)16-10-7-14(11-17(16)19)21-26(3,23)24/h5-12,21H,4H2,1-3H3,(H,20,22)/t12-/m1/s1. The van der Waals surface area contributed by atoms with Crippen molar-refractivity contribution >= 4 is 33.2 Å². The molecule has 0 spiro atoms. The maximum absolute atomic E-state index is 12.5. The summed E-state index contributed by atoms with van der Waals surface area (Å²) < 4.78 is 30.2. The first-order chi connectivity index (χ1) is 12.2.